The van der Waals surface area contributed by atoms with Crippen molar-refractivity contribution in [2.45, 2.75) is 37.8 Å². The van der Waals surface area contributed by atoms with E-state index in [1.165, 1.54) is 12.1 Å². The molecule has 1 saturated heterocycles. The summed E-state index contributed by atoms with van der Waals surface area (Å²) in [7, 11) is 0. The topological polar surface area (TPSA) is 35.2 Å². The number of hydrogen-bond donors (Lipinski definition) is 1. The van der Waals surface area contributed by atoms with Crippen molar-refractivity contribution in [2.75, 3.05) is 6.61 Å². The van der Waals surface area contributed by atoms with Crippen LogP contribution in [0.1, 0.15) is 37.3 Å². The van der Waals surface area contributed by atoms with Crippen LogP contribution < -0.4 is 5.73 Å². The largest absolute Gasteiger partial charge is 0.378 e. The highest BCUT2D eigenvalue weighted by atomic mass is 35.5. The summed E-state index contributed by atoms with van der Waals surface area (Å²) in [5.74, 6) is -0.283. The van der Waals surface area contributed by atoms with Gasteiger partial charge in [-0.3, -0.25) is 0 Å². The van der Waals surface area contributed by atoms with Crippen LogP contribution in [0.25, 0.3) is 0 Å². The molecule has 1 heterocycles. The minimum atomic E-state index is -0.308. The fourth-order valence-electron chi connectivity index (χ4n) is 2.19. The van der Waals surface area contributed by atoms with Crippen molar-refractivity contribution >= 4 is 11.6 Å². The van der Waals surface area contributed by atoms with Crippen molar-refractivity contribution in [1.29, 1.82) is 0 Å². The molecule has 1 aliphatic rings. The molecule has 17 heavy (non-hydrogen) atoms. The van der Waals surface area contributed by atoms with E-state index < -0.39 is 0 Å². The summed E-state index contributed by atoms with van der Waals surface area (Å²) >= 11 is 5.84. The quantitative estimate of drug-likeness (QED) is 0.897. The molecule has 1 aliphatic heterocycles. The molecule has 2 rings (SSSR count). The molecule has 0 saturated carbocycles. The molecular weight excluding hydrogens is 241 g/mol. The summed E-state index contributed by atoms with van der Waals surface area (Å²) in [6.07, 6.45) is 4.11. The third-order valence-electron chi connectivity index (χ3n) is 3.18. The van der Waals surface area contributed by atoms with E-state index in [9.17, 15) is 4.39 Å². The minimum absolute atomic E-state index is 0.283. The molecule has 1 aromatic carbocycles. The molecule has 1 fully saturated rings. The fourth-order valence-corrected chi connectivity index (χ4v) is 2.37. The minimum Gasteiger partial charge on any atom is -0.378 e. The molecule has 0 amide bonds. The average Bonchev–Trinajstić information content (AvgIpc) is 2.82. The molecule has 0 aromatic heterocycles. The maximum absolute atomic E-state index is 13.6. The fraction of sp³-hybridized carbons (Fsp3) is 0.538. The van der Waals surface area contributed by atoms with Gasteiger partial charge < -0.3 is 10.5 Å². The Morgan fingerprint density at radius 1 is 1.53 bits per heavy atom. The van der Waals surface area contributed by atoms with Gasteiger partial charge in [0.25, 0.3) is 0 Å². The van der Waals surface area contributed by atoms with Crippen molar-refractivity contribution in [3.05, 3.63) is 34.6 Å². The zero-order chi connectivity index (χ0) is 12.3. The van der Waals surface area contributed by atoms with E-state index in [0.29, 0.717) is 16.7 Å². The molecule has 2 atom stereocenters. The smallest absolute Gasteiger partial charge is 0.128 e. The van der Waals surface area contributed by atoms with Crippen LogP contribution in [0.4, 0.5) is 4.39 Å². The second-order valence-electron chi connectivity index (χ2n) is 4.48. The predicted molar refractivity (Wildman–Crippen MR) is 66.5 cm³/mol. The first-order valence-electron chi connectivity index (χ1n) is 5.99. The molecule has 94 valence electrons. The van der Waals surface area contributed by atoms with Crippen LogP contribution in [0.2, 0.25) is 5.02 Å². The van der Waals surface area contributed by atoms with Crippen molar-refractivity contribution in [3.63, 3.8) is 0 Å². The van der Waals surface area contributed by atoms with Gasteiger partial charge in [-0.15, -0.1) is 0 Å². The number of benzene rings is 1. The van der Waals surface area contributed by atoms with Gasteiger partial charge in [-0.25, -0.2) is 4.39 Å². The number of ether oxygens (including phenoxy) is 1. The first-order chi connectivity index (χ1) is 8.16. The van der Waals surface area contributed by atoms with Crippen molar-refractivity contribution in [3.8, 4) is 0 Å². The third-order valence-corrected chi connectivity index (χ3v) is 3.42. The molecule has 4 heteroatoms. The normalized spacial score (nSPS) is 21.7. The van der Waals surface area contributed by atoms with E-state index in [1.807, 2.05) is 0 Å². The first kappa shape index (κ1) is 12.8. The predicted octanol–water partition coefficient (Wildman–Crippen LogP) is 3.44. The van der Waals surface area contributed by atoms with E-state index in [-0.39, 0.29) is 11.9 Å². The summed E-state index contributed by atoms with van der Waals surface area (Å²) < 4.78 is 19.1. The molecule has 2 nitrogen and oxygen atoms in total. The number of hydrogen-bond acceptors (Lipinski definition) is 2. The van der Waals surface area contributed by atoms with Crippen LogP contribution in [0.3, 0.4) is 0 Å². The Balaban J connectivity index is 1.93. The summed E-state index contributed by atoms with van der Waals surface area (Å²) in [4.78, 5) is 0. The van der Waals surface area contributed by atoms with Crippen LogP contribution >= 0.6 is 11.6 Å². The summed E-state index contributed by atoms with van der Waals surface area (Å²) in [5, 5.41) is 0.522. The second kappa shape index (κ2) is 5.80. The van der Waals surface area contributed by atoms with Gasteiger partial charge in [0.1, 0.15) is 5.82 Å². The first-order valence-corrected chi connectivity index (χ1v) is 6.37. The van der Waals surface area contributed by atoms with Gasteiger partial charge >= 0.3 is 0 Å². The van der Waals surface area contributed by atoms with E-state index in [4.69, 9.17) is 22.1 Å². The van der Waals surface area contributed by atoms with E-state index >= 15 is 0 Å². The van der Waals surface area contributed by atoms with Gasteiger partial charge in [-0.1, -0.05) is 11.6 Å². The van der Waals surface area contributed by atoms with Crippen LogP contribution in [-0.2, 0) is 4.74 Å². The monoisotopic (exact) mass is 257 g/mol. The highest BCUT2D eigenvalue weighted by Crippen LogP contribution is 2.25. The molecule has 2 unspecified atom stereocenters. The van der Waals surface area contributed by atoms with Gasteiger partial charge in [0.2, 0.25) is 0 Å². The Labute approximate surface area is 106 Å². The number of nitrogens with two attached hydrogens (primary N) is 1. The lowest BCUT2D eigenvalue weighted by Crippen LogP contribution is -2.15. The summed E-state index contributed by atoms with van der Waals surface area (Å²) in [6, 6.07) is 4.20. The standard InChI is InChI=1S/C13H17ClFNO/c14-9-3-5-12(15)11(8-9)13(16)6-4-10-2-1-7-17-10/h3,5,8,10,13H,1-2,4,6-7,16H2. The Morgan fingerprint density at radius 3 is 3.06 bits per heavy atom. The lowest BCUT2D eigenvalue weighted by atomic mass is 9.99. The van der Waals surface area contributed by atoms with Gasteiger partial charge in [0.05, 0.1) is 6.10 Å². The van der Waals surface area contributed by atoms with E-state index in [1.54, 1.807) is 6.07 Å². The molecule has 1 aromatic rings. The molecule has 2 N–H and O–H groups in total. The van der Waals surface area contributed by atoms with Crippen LogP contribution in [0.5, 0.6) is 0 Å². The van der Waals surface area contributed by atoms with Crippen molar-refractivity contribution < 1.29 is 9.13 Å². The van der Waals surface area contributed by atoms with Crippen molar-refractivity contribution in [2.24, 2.45) is 5.73 Å². The maximum atomic E-state index is 13.6. The van der Waals surface area contributed by atoms with Crippen LogP contribution in [0.15, 0.2) is 18.2 Å². The zero-order valence-corrected chi connectivity index (χ0v) is 10.4. The van der Waals surface area contributed by atoms with Gasteiger partial charge in [0.15, 0.2) is 0 Å². The number of halogens is 2. The highest BCUT2D eigenvalue weighted by Gasteiger charge is 2.18. The second-order valence-corrected chi connectivity index (χ2v) is 4.92. The SMILES string of the molecule is NC(CCC1CCCO1)c1cc(Cl)ccc1F. The lowest BCUT2D eigenvalue weighted by Gasteiger charge is -2.15. The molecule has 0 spiro atoms. The van der Waals surface area contributed by atoms with Crippen LogP contribution in [0, 0.1) is 5.82 Å². The lowest BCUT2D eigenvalue weighted by molar-refractivity contribution is 0.101. The Bertz CT molecular complexity index is 380. The Morgan fingerprint density at radius 2 is 2.35 bits per heavy atom. The maximum Gasteiger partial charge on any atom is 0.128 e. The van der Waals surface area contributed by atoms with Crippen LogP contribution in [-0.4, -0.2) is 12.7 Å². The average molecular weight is 258 g/mol. The Hall–Kier alpha value is -0.640. The summed E-state index contributed by atoms with van der Waals surface area (Å²) in [6.45, 7) is 0.839. The van der Waals surface area contributed by atoms with E-state index in [2.05, 4.69) is 0 Å². The highest BCUT2D eigenvalue weighted by molar-refractivity contribution is 6.30. The third kappa shape index (κ3) is 3.41. The molecule has 0 radical (unpaired) electrons. The van der Waals surface area contributed by atoms with Crippen molar-refractivity contribution in [1.82, 2.24) is 0 Å². The molecule has 0 aliphatic carbocycles. The molecular formula is C13H17ClFNO. The number of rotatable bonds is 4. The summed E-state index contributed by atoms with van der Waals surface area (Å²) in [5.41, 5.74) is 6.48. The van der Waals surface area contributed by atoms with Gasteiger partial charge in [0, 0.05) is 23.2 Å². The van der Waals surface area contributed by atoms with Gasteiger partial charge in [-0.2, -0.15) is 0 Å². The zero-order valence-electron chi connectivity index (χ0n) is 9.66. The van der Waals surface area contributed by atoms with Gasteiger partial charge in [-0.05, 0) is 43.9 Å². The van der Waals surface area contributed by atoms with E-state index in [0.717, 1.165) is 32.3 Å². The Kier molecular flexibility index (Phi) is 4.37. The molecule has 0 bridgehead atoms.